The number of aliphatic hydroxyl groups excluding tert-OH is 1. The molecular formula is C11H15NO. The highest BCUT2D eigenvalue weighted by Crippen LogP contribution is 2.43. The molecule has 13 heavy (non-hydrogen) atoms. The Bertz CT molecular complexity index is 333. The molecule has 0 amide bonds. The van der Waals surface area contributed by atoms with E-state index in [2.05, 4.69) is 0 Å². The molecule has 2 nitrogen and oxygen atoms in total. The third kappa shape index (κ3) is 1.02. The maximum absolute atomic E-state index is 9.92. The highest BCUT2D eigenvalue weighted by molar-refractivity contribution is 5.43. The Labute approximate surface area is 78.4 Å². The third-order valence-corrected chi connectivity index (χ3v) is 3.09. The summed E-state index contributed by atoms with van der Waals surface area (Å²) in [5.74, 6) is 0. The number of rotatable bonds is 0. The molecule has 0 saturated heterocycles. The fraction of sp³-hybridized carbons (Fsp3) is 0.455. The van der Waals surface area contributed by atoms with Gasteiger partial charge in [-0.2, -0.15) is 0 Å². The maximum atomic E-state index is 9.92. The molecule has 0 spiro atoms. The predicted molar refractivity (Wildman–Crippen MR) is 52.4 cm³/mol. The van der Waals surface area contributed by atoms with Crippen LogP contribution in [0, 0.1) is 0 Å². The molecule has 1 aromatic rings. The molecule has 0 bridgehead atoms. The molecule has 0 radical (unpaired) electrons. The van der Waals surface area contributed by atoms with E-state index in [1.165, 1.54) is 5.56 Å². The van der Waals surface area contributed by atoms with Crippen LogP contribution in [0.4, 0.5) is 0 Å². The van der Waals surface area contributed by atoms with Crippen LogP contribution in [-0.4, -0.2) is 11.2 Å². The Morgan fingerprint density at radius 3 is 2.54 bits per heavy atom. The van der Waals surface area contributed by atoms with Crippen LogP contribution in [0.3, 0.4) is 0 Å². The summed E-state index contributed by atoms with van der Waals surface area (Å²) in [5, 5.41) is 9.92. The van der Waals surface area contributed by atoms with Crippen molar-refractivity contribution < 1.29 is 5.11 Å². The summed E-state index contributed by atoms with van der Waals surface area (Å²) < 4.78 is 0. The second-order valence-electron chi connectivity index (χ2n) is 4.28. The van der Waals surface area contributed by atoms with Gasteiger partial charge in [0, 0.05) is 5.41 Å². The van der Waals surface area contributed by atoms with Crippen molar-refractivity contribution in [2.45, 2.75) is 31.4 Å². The third-order valence-electron chi connectivity index (χ3n) is 3.09. The van der Waals surface area contributed by atoms with E-state index >= 15 is 0 Å². The van der Waals surface area contributed by atoms with E-state index in [0.29, 0.717) is 0 Å². The van der Waals surface area contributed by atoms with Crippen molar-refractivity contribution in [2.24, 2.45) is 5.73 Å². The van der Waals surface area contributed by atoms with Gasteiger partial charge in [-0.3, -0.25) is 0 Å². The summed E-state index contributed by atoms with van der Waals surface area (Å²) in [6.45, 7) is 4.06. The van der Waals surface area contributed by atoms with Crippen molar-refractivity contribution >= 4 is 0 Å². The summed E-state index contributed by atoms with van der Waals surface area (Å²) in [7, 11) is 0. The molecule has 2 atom stereocenters. The zero-order valence-corrected chi connectivity index (χ0v) is 7.99. The van der Waals surface area contributed by atoms with Gasteiger partial charge in [-0.25, -0.2) is 0 Å². The maximum Gasteiger partial charge on any atom is 0.0823 e. The lowest BCUT2D eigenvalue weighted by Gasteiger charge is -2.25. The molecular weight excluding hydrogens is 162 g/mol. The number of benzene rings is 1. The summed E-state index contributed by atoms with van der Waals surface area (Å²) in [6.07, 6.45) is -0.468. The van der Waals surface area contributed by atoms with E-state index in [0.717, 1.165) is 5.56 Å². The first-order valence-electron chi connectivity index (χ1n) is 4.58. The van der Waals surface area contributed by atoms with Gasteiger partial charge in [-0.15, -0.1) is 0 Å². The second kappa shape index (κ2) is 2.56. The van der Waals surface area contributed by atoms with Crippen molar-refractivity contribution in [1.29, 1.82) is 0 Å². The highest BCUT2D eigenvalue weighted by Gasteiger charge is 2.43. The van der Waals surface area contributed by atoms with Crippen LogP contribution in [0.25, 0.3) is 0 Å². The van der Waals surface area contributed by atoms with E-state index < -0.39 is 6.10 Å². The van der Waals surface area contributed by atoms with Crippen molar-refractivity contribution in [3.8, 4) is 0 Å². The molecule has 3 N–H and O–H groups in total. The van der Waals surface area contributed by atoms with E-state index in [9.17, 15) is 5.11 Å². The first-order chi connectivity index (χ1) is 6.05. The van der Waals surface area contributed by atoms with Crippen LogP contribution in [-0.2, 0) is 5.41 Å². The Morgan fingerprint density at radius 2 is 1.92 bits per heavy atom. The van der Waals surface area contributed by atoms with Gasteiger partial charge < -0.3 is 10.8 Å². The Hall–Kier alpha value is -0.860. The molecule has 2 heteroatoms. The fourth-order valence-corrected chi connectivity index (χ4v) is 2.15. The molecule has 0 saturated carbocycles. The quantitative estimate of drug-likeness (QED) is 0.628. The first-order valence-corrected chi connectivity index (χ1v) is 4.58. The number of aliphatic hydroxyl groups is 1. The molecule has 0 heterocycles. The minimum Gasteiger partial charge on any atom is -0.390 e. The van der Waals surface area contributed by atoms with Gasteiger partial charge in [0.1, 0.15) is 0 Å². The molecule has 1 aliphatic carbocycles. The summed E-state index contributed by atoms with van der Waals surface area (Å²) >= 11 is 0. The standard InChI is InChI=1S/C11H15NO/c1-11(2)8-6-4-3-5-7(8)9(12)10(11)13/h3-6,9-10,13H,12H2,1-2H3/t9-,10+/m0/s1. The molecule has 1 aliphatic rings. The van der Waals surface area contributed by atoms with Gasteiger partial charge in [0.25, 0.3) is 0 Å². The van der Waals surface area contributed by atoms with Gasteiger partial charge in [-0.1, -0.05) is 38.1 Å². The van der Waals surface area contributed by atoms with Crippen molar-refractivity contribution in [3.63, 3.8) is 0 Å². The first kappa shape index (κ1) is 8.73. The molecule has 1 aromatic carbocycles. The summed E-state index contributed by atoms with van der Waals surface area (Å²) in [4.78, 5) is 0. The van der Waals surface area contributed by atoms with E-state index in [-0.39, 0.29) is 11.5 Å². The topological polar surface area (TPSA) is 46.2 Å². The van der Waals surface area contributed by atoms with Crippen molar-refractivity contribution in [1.82, 2.24) is 0 Å². The zero-order valence-electron chi connectivity index (χ0n) is 7.99. The molecule has 2 rings (SSSR count). The molecule has 0 aliphatic heterocycles. The number of hydrogen-bond donors (Lipinski definition) is 2. The SMILES string of the molecule is CC1(C)c2ccccc2[C@H](N)[C@H]1O. The summed E-state index contributed by atoms with van der Waals surface area (Å²) in [6, 6.07) is 7.77. The normalized spacial score (nSPS) is 30.2. The lowest BCUT2D eigenvalue weighted by atomic mass is 9.84. The molecule has 0 aromatic heterocycles. The van der Waals surface area contributed by atoms with Crippen LogP contribution in [0.1, 0.15) is 31.0 Å². The fourth-order valence-electron chi connectivity index (χ4n) is 2.15. The average Bonchev–Trinajstić information content (AvgIpc) is 2.30. The van der Waals surface area contributed by atoms with E-state index in [4.69, 9.17) is 5.73 Å². The smallest absolute Gasteiger partial charge is 0.0823 e. The number of fused-ring (bicyclic) bond motifs is 1. The van der Waals surface area contributed by atoms with E-state index in [1.54, 1.807) is 0 Å². The van der Waals surface area contributed by atoms with Crippen LogP contribution < -0.4 is 5.73 Å². The van der Waals surface area contributed by atoms with Gasteiger partial charge in [0.2, 0.25) is 0 Å². The molecule has 0 fully saturated rings. The average molecular weight is 177 g/mol. The zero-order chi connectivity index (χ0) is 9.64. The second-order valence-corrected chi connectivity index (χ2v) is 4.28. The summed E-state index contributed by atoms with van der Waals surface area (Å²) in [5.41, 5.74) is 7.96. The van der Waals surface area contributed by atoms with Crippen molar-refractivity contribution in [3.05, 3.63) is 35.4 Å². The molecule has 70 valence electrons. The Balaban J connectivity index is 2.61. The van der Waals surface area contributed by atoms with Gasteiger partial charge in [0.05, 0.1) is 12.1 Å². The van der Waals surface area contributed by atoms with Crippen molar-refractivity contribution in [2.75, 3.05) is 0 Å². The number of hydrogen-bond acceptors (Lipinski definition) is 2. The monoisotopic (exact) mass is 177 g/mol. The van der Waals surface area contributed by atoms with Gasteiger partial charge >= 0.3 is 0 Å². The Kier molecular flexibility index (Phi) is 1.72. The largest absolute Gasteiger partial charge is 0.390 e. The number of nitrogens with two attached hydrogens (primary N) is 1. The van der Waals surface area contributed by atoms with Crippen LogP contribution in [0.5, 0.6) is 0 Å². The molecule has 0 unspecified atom stereocenters. The van der Waals surface area contributed by atoms with Crippen LogP contribution in [0.15, 0.2) is 24.3 Å². The lowest BCUT2D eigenvalue weighted by Crippen LogP contribution is -2.34. The van der Waals surface area contributed by atoms with Gasteiger partial charge in [-0.05, 0) is 11.1 Å². The predicted octanol–water partition coefficient (Wildman–Crippen LogP) is 1.34. The lowest BCUT2D eigenvalue weighted by molar-refractivity contribution is 0.0921. The van der Waals surface area contributed by atoms with Crippen LogP contribution >= 0.6 is 0 Å². The highest BCUT2D eigenvalue weighted by atomic mass is 16.3. The minimum atomic E-state index is -0.468. The minimum absolute atomic E-state index is 0.212. The van der Waals surface area contributed by atoms with E-state index in [1.807, 2.05) is 38.1 Å². The van der Waals surface area contributed by atoms with Crippen LogP contribution in [0.2, 0.25) is 0 Å². The van der Waals surface area contributed by atoms with Gasteiger partial charge in [0.15, 0.2) is 0 Å². The Morgan fingerprint density at radius 1 is 1.31 bits per heavy atom.